The molecule has 2 aliphatic heterocycles. The Hall–Kier alpha value is -7.98. The Morgan fingerprint density at radius 1 is 0.500 bits per heavy atom. The average molecular weight is 929 g/mol. The number of hydrogen-bond donors (Lipinski definition) is 4. The molecule has 0 aliphatic carbocycles. The average Bonchev–Trinajstić information content (AvgIpc) is 4.07. The Morgan fingerprint density at radius 3 is 1.29 bits per heavy atom. The van der Waals surface area contributed by atoms with Crippen LogP contribution in [-0.4, -0.2) is 32.1 Å². The fourth-order valence-electron chi connectivity index (χ4n) is 10.2. The molecule has 0 unspecified atom stereocenters. The summed E-state index contributed by atoms with van der Waals surface area (Å²) in [6.07, 6.45) is 1.92. The lowest BCUT2D eigenvalue weighted by Crippen LogP contribution is -2.14. The smallest absolute Gasteiger partial charge is 0.411 e. The number of carbonyl (C=O) groups excluding carboxylic acids is 2. The van der Waals surface area contributed by atoms with Gasteiger partial charge in [-0.1, -0.05) is 125 Å². The van der Waals surface area contributed by atoms with E-state index in [4.69, 9.17) is 19.4 Å². The van der Waals surface area contributed by atoms with Crippen molar-refractivity contribution in [2.24, 2.45) is 0 Å². The van der Waals surface area contributed by atoms with Gasteiger partial charge < -0.3 is 19.4 Å². The fourth-order valence-corrected chi connectivity index (χ4v) is 10.2. The van der Waals surface area contributed by atoms with Crippen molar-refractivity contribution in [1.29, 1.82) is 0 Å². The second kappa shape index (κ2) is 20.3. The predicted molar refractivity (Wildman–Crippen MR) is 286 cm³/mol. The van der Waals surface area contributed by atoms with Gasteiger partial charge in [-0.15, -0.1) is 0 Å². The second-order valence-electron chi connectivity index (χ2n) is 17.9. The summed E-state index contributed by atoms with van der Waals surface area (Å²) in [5.41, 5.74) is 22.4. The van der Waals surface area contributed by atoms with E-state index in [2.05, 4.69) is 94.2 Å². The van der Waals surface area contributed by atoms with Crippen molar-refractivity contribution in [1.82, 2.24) is 19.9 Å². The number of rotatable bonds is 12. The number of allylic oxidation sites excluding steroid dienone is 4. The number of nitrogens with zero attached hydrogens (tertiary/aromatic N) is 2. The Labute approximate surface area is 410 Å². The molecule has 0 atom stereocenters. The van der Waals surface area contributed by atoms with Gasteiger partial charge in [0, 0.05) is 33.3 Å². The molecule has 0 saturated carbocycles. The van der Waals surface area contributed by atoms with Crippen LogP contribution in [-0.2, 0) is 35.5 Å². The number of H-pyrrole nitrogens is 2. The minimum absolute atomic E-state index is 0.141. The van der Waals surface area contributed by atoms with Crippen LogP contribution in [0.4, 0.5) is 21.0 Å². The van der Waals surface area contributed by atoms with Gasteiger partial charge in [0.15, 0.2) is 0 Å². The summed E-state index contributed by atoms with van der Waals surface area (Å²) in [4.78, 5) is 46.2. The minimum atomic E-state index is -0.552. The molecule has 4 aromatic carbocycles. The van der Waals surface area contributed by atoms with E-state index in [-0.39, 0.29) is 13.2 Å². The molecule has 3 aromatic heterocycles. The highest BCUT2D eigenvalue weighted by molar-refractivity contribution is 6.07. The number of fused-ring (bicyclic) bond motifs is 8. The van der Waals surface area contributed by atoms with Crippen molar-refractivity contribution >= 4 is 67.9 Å². The molecule has 2 aliphatic rings. The highest BCUT2D eigenvalue weighted by Crippen LogP contribution is 2.46. The number of ether oxygens (including phenoxy) is 2. The summed E-state index contributed by atoms with van der Waals surface area (Å²) in [5.74, 6) is 0. The number of nitrogens with one attached hydrogen (secondary N) is 4. The van der Waals surface area contributed by atoms with E-state index in [9.17, 15) is 9.59 Å². The van der Waals surface area contributed by atoms with Crippen LogP contribution in [0.2, 0.25) is 0 Å². The van der Waals surface area contributed by atoms with Gasteiger partial charge in [0.2, 0.25) is 0 Å². The topological polar surface area (TPSA) is 134 Å². The third-order valence-electron chi connectivity index (χ3n) is 13.8. The molecule has 10 nitrogen and oxygen atoms in total. The number of para-hydroxylation sites is 2. The lowest BCUT2D eigenvalue weighted by atomic mass is 9.92. The van der Waals surface area contributed by atoms with Crippen molar-refractivity contribution in [3.63, 3.8) is 0 Å². The van der Waals surface area contributed by atoms with Crippen molar-refractivity contribution in [2.45, 2.75) is 94.3 Å². The number of benzene rings is 4. The highest BCUT2D eigenvalue weighted by atomic mass is 16.6. The highest BCUT2D eigenvalue weighted by Gasteiger charge is 2.28. The van der Waals surface area contributed by atoms with Crippen LogP contribution in [0.1, 0.15) is 111 Å². The monoisotopic (exact) mass is 928 g/mol. The molecule has 0 saturated heterocycles. The quantitative estimate of drug-likeness (QED) is 0.0964. The zero-order valence-electron chi connectivity index (χ0n) is 41.3. The minimum Gasteiger partial charge on any atom is -0.444 e. The molecule has 7 aromatic rings. The van der Waals surface area contributed by atoms with E-state index in [1.807, 2.05) is 103 Å². The van der Waals surface area contributed by atoms with Crippen LogP contribution < -0.4 is 10.6 Å². The first kappa shape index (κ1) is 47.1. The van der Waals surface area contributed by atoms with E-state index < -0.39 is 12.2 Å². The molecule has 0 radical (unpaired) electrons. The predicted octanol–water partition coefficient (Wildman–Crippen LogP) is 15.6. The third-order valence-corrected chi connectivity index (χ3v) is 13.8. The summed E-state index contributed by atoms with van der Waals surface area (Å²) in [7, 11) is 0. The van der Waals surface area contributed by atoms with Crippen LogP contribution in [0.25, 0.3) is 66.6 Å². The Balaban J connectivity index is 1.32. The molecule has 0 spiro atoms. The number of carbonyl (C=O) groups is 2. The van der Waals surface area contributed by atoms with Crippen LogP contribution in [0.5, 0.6) is 0 Å². The van der Waals surface area contributed by atoms with Crippen molar-refractivity contribution in [3.05, 3.63) is 177 Å². The Kier molecular flexibility index (Phi) is 13.7. The first-order valence-corrected chi connectivity index (χ1v) is 24.4. The van der Waals surface area contributed by atoms with Crippen molar-refractivity contribution in [3.8, 4) is 22.3 Å². The van der Waals surface area contributed by atoms with Gasteiger partial charge in [-0.25, -0.2) is 19.6 Å². The fraction of sp³-hybridized carbons (Fsp3) is 0.233. The maximum Gasteiger partial charge on any atom is 0.411 e. The summed E-state index contributed by atoms with van der Waals surface area (Å²) < 4.78 is 11.5. The summed E-state index contributed by atoms with van der Waals surface area (Å²) in [5, 5.41) is 6.19. The van der Waals surface area contributed by atoms with Crippen molar-refractivity contribution < 1.29 is 19.1 Å². The third kappa shape index (κ3) is 9.05. The SMILES string of the molecule is CCC1=C(C)c2nc1cc1[nH]c(c(C)c1CC)c(-c1ccccc1NC(=O)OCc1ccccc1)c1[nH]c(cc3nc(c2-c2ccccc2NC(=O)OCc2ccccc2)C(C)=C3CC)c(CC)c1C. The largest absolute Gasteiger partial charge is 0.444 e. The molecule has 10 heteroatoms. The van der Waals surface area contributed by atoms with E-state index in [1.54, 1.807) is 0 Å². The zero-order valence-corrected chi connectivity index (χ0v) is 41.3. The molecule has 5 heterocycles. The Bertz CT molecular complexity index is 3270. The number of anilines is 2. The summed E-state index contributed by atoms with van der Waals surface area (Å²) in [6, 6.07) is 39.5. The maximum absolute atomic E-state index is 13.6. The number of aryl methyl sites for hydroxylation is 4. The molecular weight excluding hydrogens is 869 g/mol. The van der Waals surface area contributed by atoms with Gasteiger partial charge >= 0.3 is 12.2 Å². The van der Waals surface area contributed by atoms with Crippen LogP contribution in [0.3, 0.4) is 0 Å². The van der Waals surface area contributed by atoms with Gasteiger partial charge in [0.25, 0.3) is 0 Å². The molecule has 9 rings (SSSR count). The normalized spacial score (nSPS) is 12.3. The van der Waals surface area contributed by atoms with Crippen molar-refractivity contribution in [2.75, 3.05) is 10.6 Å². The van der Waals surface area contributed by atoms with Crippen LogP contribution >= 0.6 is 0 Å². The van der Waals surface area contributed by atoms with Gasteiger partial charge in [-0.3, -0.25) is 10.6 Å². The molecule has 2 amide bonds. The first-order chi connectivity index (χ1) is 34.0. The maximum atomic E-state index is 13.6. The van der Waals surface area contributed by atoms with Crippen LogP contribution in [0, 0.1) is 13.8 Å². The second-order valence-corrected chi connectivity index (χ2v) is 17.9. The number of amides is 2. The van der Waals surface area contributed by atoms with Crippen LogP contribution in [0.15, 0.2) is 121 Å². The summed E-state index contributed by atoms with van der Waals surface area (Å²) >= 11 is 0. The van der Waals surface area contributed by atoms with E-state index >= 15 is 0 Å². The lowest BCUT2D eigenvalue weighted by Gasteiger charge is -2.15. The molecule has 0 fully saturated rings. The number of hydrogen-bond acceptors (Lipinski definition) is 6. The number of aromatic amines is 2. The lowest BCUT2D eigenvalue weighted by molar-refractivity contribution is 0.154. The standard InChI is InChI=1S/C60H60N6O4/c1-9-41-35(5)55-53(45-27-19-21-29-47(45)65-59(67)69-33-39-23-15-13-16-24-39)56-37(7)43(11-3)51(63-56)32-52-44(12-4)38(8)58(64-52)54(57-36(6)42(10-2)50(62-57)31-49(41)61-55)46-28-20-22-30-48(46)66-60(68)70-34-40-25-17-14-18-26-40/h13-32,61,63H,9-12,33-34H2,1-8H3,(H,65,67)(H,66,68). The van der Waals surface area contributed by atoms with E-state index in [0.717, 1.165) is 137 Å². The summed E-state index contributed by atoms with van der Waals surface area (Å²) in [6.45, 7) is 17.6. The zero-order chi connectivity index (χ0) is 49.1. The molecule has 4 N–H and O–H groups in total. The number of aromatic nitrogens is 4. The van der Waals surface area contributed by atoms with Gasteiger partial charge in [-0.05, 0) is 133 Å². The van der Waals surface area contributed by atoms with Gasteiger partial charge in [0.1, 0.15) is 13.2 Å². The first-order valence-electron chi connectivity index (χ1n) is 24.4. The Morgan fingerprint density at radius 2 is 0.886 bits per heavy atom. The van der Waals surface area contributed by atoms with E-state index in [0.29, 0.717) is 11.4 Å². The van der Waals surface area contributed by atoms with Gasteiger partial charge in [0.05, 0.1) is 45.2 Å². The molecule has 70 heavy (non-hydrogen) atoms. The molecule has 354 valence electrons. The van der Waals surface area contributed by atoms with E-state index in [1.165, 1.54) is 11.1 Å². The molecular formula is C60H60N6O4. The van der Waals surface area contributed by atoms with Gasteiger partial charge in [-0.2, -0.15) is 0 Å². The molecule has 8 bridgehead atoms.